The van der Waals surface area contributed by atoms with Crippen LogP contribution in [0.1, 0.15) is 36.8 Å². The van der Waals surface area contributed by atoms with E-state index in [1.807, 2.05) is 0 Å². The molecule has 2 aromatic rings. The number of esters is 1. The van der Waals surface area contributed by atoms with Crippen LogP contribution in [0.15, 0.2) is 36.4 Å². The van der Waals surface area contributed by atoms with Crippen molar-refractivity contribution in [2.45, 2.75) is 50.6 Å². The summed E-state index contributed by atoms with van der Waals surface area (Å²) < 4.78 is 57.3. The third-order valence-corrected chi connectivity index (χ3v) is 7.14. The van der Waals surface area contributed by atoms with Crippen LogP contribution in [0.4, 0.5) is 22.4 Å². The number of hydrogen-bond acceptors (Lipinski definition) is 5. The third kappa shape index (κ3) is 8.94. The highest BCUT2D eigenvalue weighted by Crippen LogP contribution is 2.26. The monoisotopic (exact) mass is 568 g/mol. The van der Waals surface area contributed by atoms with Crippen molar-refractivity contribution in [1.29, 1.82) is 0 Å². The Morgan fingerprint density at radius 2 is 1.40 bits per heavy atom. The van der Waals surface area contributed by atoms with Crippen molar-refractivity contribution in [1.82, 2.24) is 10.2 Å². The first-order chi connectivity index (χ1) is 18.9. The van der Waals surface area contributed by atoms with Gasteiger partial charge in [0.25, 0.3) is 0 Å². The minimum atomic E-state index is -1.15. The minimum absolute atomic E-state index is 0.0408. The van der Waals surface area contributed by atoms with E-state index in [4.69, 9.17) is 14.9 Å². The second-order valence-corrected chi connectivity index (χ2v) is 10.0. The Labute approximate surface area is 228 Å². The van der Waals surface area contributed by atoms with Gasteiger partial charge >= 0.3 is 18.0 Å². The van der Waals surface area contributed by atoms with E-state index in [1.165, 1.54) is 19.2 Å². The fraction of sp³-hybridized carbons (Fsp3) is 0.464. The molecule has 4 unspecified atom stereocenters. The molecule has 3 N–H and O–H groups in total. The highest BCUT2D eigenvalue weighted by atomic mass is 19.1. The quantitative estimate of drug-likeness (QED) is 0.350. The lowest BCUT2D eigenvalue weighted by atomic mass is 9.88. The van der Waals surface area contributed by atoms with Crippen LogP contribution in [0, 0.1) is 35.1 Å². The summed E-state index contributed by atoms with van der Waals surface area (Å²) >= 11 is 0. The molecule has 0 bridgehead atoms. The largest absolute Gasteiger partial charge is 0.481 e. The van der Waals surface area contributed by atoms with Gasteiger partial charge in [-0.2, -0.15) is 0 Å². The average molecular weight is 569 g/mol. The van der Waals surface area contributed by atoms with Gasteiger partial charge in [-0.05, 0) is 80.5 Å². The Morgan fingerprint density at radius 3 is 1.90 bits per heavy atom. The van der Waals surface area contributed by atoms with E-state index in [9.17, 15) is 31.9 Å². The van der Waals surface area contributed by atoms with Gasteiger partial charge in [0.2, 0.25) is 0 Å². The lowest BCUT2D eigenvalue weighted by Gasteiger charge is -2.36. The number of ether oxygens (including phenoxy) is 1. The molecule has 2 saturated heterocycles. The maximum atomic E-state index is 13.2. The number of benzene rings is 2. The molecule has 8 nitrogen and oxygen atoms in total. The number of carbonyl (C=O) groups excluding carboxylic acids is 1. The van der Waals surface area contributed by atoms with Crippen LogP contribution in [-0.2, 0) is 27.2 Å². The van der Waals surface area contributed by atoms with Crippen molar-refractivity contribution in [3.05, 3.63) is 70.8 Å². The van der Waals surface area contributed by atoms with Crippen molar-refractivity contribution < 1.29 is 46.9 Å². The zero-order valence-corrected chi connectivity index (χ0v) is 21.9. The molecule has 2 aromatic carbocycles. The number of carbonyl (C=O) groups is 3. The second-order valence-electron chi connectivity index (χ2n) is 10.0. The molecule has 0 radical (unpaired) electrons. The van der Waals surface area contributed by atoms with Gasteiger partial charge in [0.05, 0.1) is 18.9 Å². The first-order valence-corrected chi connectivity index (χ1v) is 12.9. The molecule has 12 heteroatoms. The van der Waals surface area contributed by atoms with E-state index in [2.05, 4.69) is 5.32 Å². The van der Waals surface area contributed by atoms with Gasteiger partial charge in [0.1, 0.15) is 23.3 Å². The summed E-state index contributed by atoms with van der Waals surface area (Å²) in [6.45, 7) is 0.816. The number of carboxylic acids is 1. The SMILES string of the molecule is COC(=O)C1CCNC(Cc2cc(F)cc(F)c2)C1.O=C(O)C1CCN(C(=O)O)C(Cc2cc(F)cc(F)c2)C1. The topological polar surface area (TPSA) is 116 Å². The van der Waals surface area contributed by atoms with Gasteiger partial charge < -0.3 is 25.2 Å². The van der Waals surface area contributed by atoms with Crippen LogP contribution >= 0.6 is 0 Å². The van der Waals surface area contributed by atoms with Crippen LogP contribution in [-0.4, -0.2) is 65.4 Å². The van der Waals surface area contributed by atoms with Gasteiger partial charge in [0, 0.05) is 30.8 Å². The Morgan fingerprint density at radius 1 is 0.850 bits per heavy atom. The zero-order valence-electron chi connectivity index (χ0n) is 21.9. The highest BCUT2D eigenvalue weighted by molar-refractivity contribution is 5.72. The van der Waals surface area contributed by atoms with Gasteiger partial charge in [0.15, 0.2) is 0 Å². The fourth-order valence-electron chi connectivity index (χ4n) is 5.28. The summed E-state index contributed by atoms with van der Waals surface area (Å²) in [5.41, 5.74) is 0.912. The molecule has 0 aromatic heterocycles. The molecule has 4 rings (SSSR count). The molecule has 218 valence electrons. The highest BCUT2D eigenvalue weighted by Gasteiger charge is 2.35. The predicted molar refractivity (Wildman–Crippen MR) is 136 cm³/mol. The Hall–Kier alpha value is -3.67. The van der Waals surface area contributed by atoms with Crippen LogP contribution in [0.3, 0.4) is 0 Å². The molecule has 0 aliphatic carbocycles. The molecular weight excluding hydrogens is 536 g/mol. The lowest BCUT2D eigenvalue weighted by Crippen LogP contribution is -2.48. The summed E-state index contributed by atoms with van der Waals surface area (Å²) in [6.07, 6.45) is 1.19. The number of piperidine rings is 2. The molecule has 1 amide bonds. The van der Waals surface area contributed by atoms with Crippen molar-refractivity contribution in [3.8, 4) is 0 Å². The predicted octanol–water partition coefficient (Wildman–Crippen LogP) is 4.40. The molecule has 0 spiro atoms. The number of nitrogens with one attached hydrogen (secondary N) is 1. The first-order valence-electron chi connectivity index (χ1n) is 12.9. The number of hydrogen-bond donors (Lipinski definition) is 3. The van der Waals surface area contributed by atoms with Crippen molar-refractivity contribution in [2.75, 3.05) is 20.2 Å². The Balaban J connectivity index is 0.000000222. The third-order valence-electron chi connectivity index (χ3n) is 7.14. The van der Waals surface area contributed by atoms with Crippen molar-refractivity contribution in [2.24, 2.45) is 11.8 Å². The maximum Gasteiger partial charge on any atom is 0.407 e. The van der Waals surface area contributed by atoms with Crippen molar-refractivity contribution in [3.63, 3.8) is 0 Å². The minimum Gasteiger partial charge on any atom is -0.481 e. The van der Waals surface area contributed by atoms with Gasteiger partial charge in [-0.15, -0.1) is 0 Å². The number of nitrogens with zero attached hydrogens (tertiary/aromatic N) is 1. The number of methoxy groups -OCH3 is 1. The maximum absolute atomic E-state index is 13.2. The number of aliphatic carboxylic acids is 1. The number of carboxylic acid groups (broad SMARTS) is 2. The van der Waals surface area contributed by atoms with Crippen molar-refractivity contribution >= 4 is 18.0 Å². The number of amides is 1. The molecule has 2 aliphatic rings. The van der Waals surface area contributed by atoms with E-state index in [1.54, 1.807) is 0 Å². The first kappa shape index (κ1) is 30.9. The Kier molecular flexibility index (Phi) is 10.9. The van der Waals surface area contributed by atoms with Gasteiger partial charge in [-0.3, -0.25) is 9.59 Å². The molecule has 4 atom stereocenters. The van der Waals surface area contributed by atoms with Gasteiger partial charge in [-0.1, -0.05) is 0 Å². The lowest BCUT2D eigenvalue weighted by molar-refractivity contribution is -0.146. The molecule has 2 aliphatic heterocycles. The van der Waals surface area contributed by atoms with Gasteiger partial charge in [-0.25, -0.2) is 22.4 Å². The molecule has 40 heavy (non-hydrogen) atoms. The summed E-state index contributed by atoms with van der Waals surface area (Å²) in [4.78, 5) is 34.9. The fourth-order valence-corrected chi connectivity index (χ4v) is 5.28. The van der Waals surface area contributed by atoms with E-state index in [-0.39, 0.29) is 43.7 Å². The zero-order chi connectivity index (χ0) is 29.4. The number of likely N-dealkylation sites (tertiary alicyclic amines) is 1. The summed E-state index contributed by atoms with van der Waals surface area (Å²) in [5.74, 6) is -4.58. The standard InChI is InChI=1S/C14H15F2NO4.C14H17F2NO2/c15-10-3-8(4-11(16)7-10)5-12-6-9(13(18)19)1-2-17(12)14(20)21;1-19-14(18)10-2-3-17-13(7-10)6-9-4-11(15)8-12(16)5-9/h3-4,7,9,12H,1-2,5-6H2,(H,18,19)(H,20,21);4-5,8,10,13,17H,2-3,6-7H2,1H3. The molecule has 2 fully saturated rings. The van der Waals surface area contributed by atoms with Crippen LogP contribution < -0.4 is 5.32 Å². The smallest absolute Gasteiger partial charge is 0.407 e. The molecule has 2 heterocycles. The second kappa shape index (κ2) is 14.1. The van der Waals surface area contributed by atoms with E-state index in [0.29, 0.717) is 30.5 Å². The summed E-state index contributed by atoms with van der Waals surface area (Å²) in [5, 5.41) is 21.5. The van der Waals surface area contributed by atoms with E-state index in [0.717, 1.165) is 35.6 Å². The van der Waals surface area contributed by atoms with E-state index < -0.39 is 47.3 Å². The number of rotatable bonds is 6. The summed E-state index contributed by atoms with van der Waals surface area (Å²) in [7, 11) is 1.38. The van der Waals surface area contributed by atoms with Crippen LogP contribution in [0.25, 0.3) is 0 Å². The van der Waals surface area contributed by atoms with Crippen LogP contribution in [0.2, 0.25) is 0 Å². The summed E-state index contributed by atoms with van der Waals surface area (Å²) in [6, 6.07) is 5.95. The molecule has 0 saturated carbocycles. The van der Waals surface area contributed by atoms with Crippen LogP contribution in [0.5, 0.6) is 0 Å². The average Bonchev–Trinajstić information content (AvgIpc) is 2.87. The number of halogens is 4. The normalized spacial score (nSPS) is 22.6. The van der Waals surface area contributed by atoms with E-state index >= 15 is 0 Å². The molecular formula is C28H32F4N2O6. The Bertz CT molecular complexity index is 1170.